The highest BCUT2D eigenvalue weighted by Crippen LogP contribution is 2.07. The van der Waals surface area contributed by atoms with Crippen molar-refractivity contribution in [2.75, 3.05) is 26.9 Å². The van der Waals surface area contributed by atoms with E-state index in [-0.39, 0.29) is 25.8 Å². The molecule has 132 valence electrons. The van der Waals surface area contributed by atoms with E-state index in [1.807, 2.05) is 0 Å². The molecule has 23 heavy (non-hydrogen) atoms. The molecule has 0 aromatic carbocycles. The lowest BCUT2D eigenvalue weighted by Gasteiger charge is -2.22. The van der Waals surface area contributed by atoms with Crippen LogP contribution >= 0.6 is 0 Å². The van der Waals surface area contributed by atoms with Crippen LogP contribution < -0.4 is 5.32 Å². The first-order valence-corrected chi connectivity index (χ1v) is 7.09. The Labute approximate surface area is 136 Å². The second kappa shape index (κ2) is 10.6. The Balaban J connectivity index is 4.23. The monoisotopic (exact) mass is 331 g/mol. The summed E-state index contributed by atoms with van der Waals surface area (Å²) in [6.07, 6.45) is 2.50. The zero-order valence-electron chi connectivity index (χ0n) is 14.2. The molecule has 0 fully saturated rings. The molecule has 0 aromatic rings. The van der Waals surface area contributed by atoms with E-state index in [1.54, 1.807) is 32.9 Å². The van der Waals surface area contributed by atoms with Crippen LogP contribution in [-0.4, -0.2) is 56.6 Å². The quantitative estimate of drug-likeness (QED) is 0.308. The molecule has 0 bridgehead atoms. The Hall–Kier alpha value is -2.09. The highest BCUT2D eigenvalue weighted by molar-refractivity contribution is 5.81. The van der Waals surface area contributed by atoms with Crippen LogP contribution in [0.5, 0.6) is 0 Å². The maximum atomic E-state index is 11.7. The van der Waals surface area contributed by atoms with E-state index in [9.17, 15) is 14.4 Å². The minimum Gasteiger partial charge on any atom is -0.467 e. The number of amides is 1. The molecule has 8 nitrogen and oxygen atoms in total. The van der Waals surface area contributed by atoms with Crippen molar-refractivity contribution >= 4 is 18.0 Å². The van der Waals surface area contributed by atoms with Crippen LogP contribution in [0.4, 0.5) is 4.79 Å². The predicted octanol–water partition coefficient (Wildman–Crippen LogP) is 1.19. The minimum atomic E-state index is -0.975. The first kappa shape index (κ1) is 20.9. The van der Waals surface area contributed by atoms with Gasteiger partial charge in [-0.3, -0.25) is 4.79 Å². The third-order valence-electron chi connectivity index (χ3n) is 2.22. The van der Waals surface area contributed by atoms with E-state index in [1.165, 1.54) is 14.0 Å². The van der Waals surface area contributed by atoms with E-state index < -0.39 is 23.7 Å². The highest BCUT2D eigenvalue weighted by Gasteiger charge is 2.25. The molecule has 0 radical (unpaired) electrons. The van der Waals surface area contributed by atoms with E-state index in [4.69, 9.17) is 14.2 Å². The number of hydrogen-bond acceptors (Lipinski definition) is 7. The average molecular weight is 331 g/mol. The summed E-state index contributed by atoms with van der Waals surface area (Å²) in [5.74, 6) is -1.01. The molecule has 1 N–H and O–H groups in total. The van der Waals surface area contributed by atoms with Gasteiger partial charge in [-0.05, 0) is 26.8 Å². The smallest absolute Gasteiger partial charge is 0.408 e. The SMILES string of the molecule is COC(=O)[C@H](COC/C=C\COC(C)=O)NC(=O)OC(C)(C)C. The van der Waals surface area contributed by atoms with Crippen molar-refractivity contribution in [2.45, 2.75) is 39.3 Å². The number of methoxy groups -OCH3 is 1. The first-order chi connectivity index (χ1) is 10.7. The third kappa shape index (κ3) is 12.2. The Morgan fingerprint density at radius 1 is 1.13 bits per heavy atom. The van der Waals surface area contributed by atoms with Gasteiger partial charge >= 0.3 is 18.0 Å². The average Bonchev–Trinajstić information content (AvgIpc) is 2.41. The van der Waals surface area contributed by atoms with Crippen LogP contribution in [0.3, 0.4) is 0 Å². The van der Waals surface area contributed by atoms with Gasteiger partial charge in [-0.1, -0.05) is 6.08 Å². The van der Waals surface area contributed by atoms with Crippen LogP contribution in [0.25, 0.3) is 0 Å². The number of esters is 2. The second-order valence-corrected chi connectivity index (χ2v) is 5.53. The van der Waals surface area contributed by atoms with Gasteiger partial charge in [0.05, 0.1) is 20.3 Å². The maximum Gasteiger partial charge on any atom is 0.408 e. The van der Waals surface area contributed by atoms with Gasteiger partial charge in [0.2, 0.25) is 0 Å². The summed E-state index contributed by atoms with van der Waals surface area (Å²) in [4.78, 5) is 33.8. The van der Waals surface area contributed by atoms with E-state index in [0.717, 1.165) is 0 Å². The number of alkyl carbamates (subject to hydrolysis) is 1. The predicted molar refractivity (Wildman–Crippen MR) is 81.8 cm³/mol. The summed E-state index contributed by atoms with van der Waals surface area (Å²) in [5, 5.41) is 2.39. The molecule has 8 heteroatoms. The summed E-state index contributed by atoms with van der Waals surface area (Å²) in [5.41, 5.74) is -0.676. The number of hydrogen-bond donors (Lipinski definition) is 1. The van der Waals surface area contributed by atoms with Gasteiger partial charge < -0.3 is 24.3 Å². The highest BCUT2D eigenvalue weighted by atomic mass is 16.6. The molecule has 1 amide bonds. The van der Waals surface area contributed by atoms with Crippen LogP contribution in [0.1, 0.15) is 27.7 Å². The fraction of sp³-hybridized carbons (Fsp3) is 0.667. The van der Waals surface area contributed by atoms with Crippen LogP contribution in [0.15, 0.2) is 12.2 Å². The molecule has 0 aromatic heterocycles. The van der Waals surface area contributed by atoms with E-state index in [0.29, 0.717) is 0 Å². The number of carbonyl (C=O) groups excluding carboxylic acids is 3. The largest absolute Gasteiger partial charge is 0.467 e. The summed E-state index contributed by atoms with van der Waals surface area (Å²) in [6.45, 7) is 6.70. The Morgan fingerprint density at radius 2 is 1.74 bits per heavy atom. The lowest BCUT2D eigenvalue weighted by atomic mass is 10.2. The van der Waals surface area contributed by atoms with Crippen LogP contribution in [-0.2, 0) is 28.5 Å². The van der Waals surface area contributed by atoms with E-state index >= 15 is 0 Å². The van der Waals surface area contributed by atoms with Crippen molar-refractivity contribution in [3.8, 4) is 0 Å². The van der Waals surface area contributed by atoms with Crippen molar-refractivity contribution in [3.05, 3.63) is 12.2 Å². The molecule has 0 aliphatic heterocycles. The van der Waals surface area contributed by atoms with Gasteiger partial charge in [0, 0.05) is 6.92 Å². The van der Waals surface area contributed by atoms with Crippen molar-refractivity contribution in [2.24, 2.45) is 0 Å². The Kier molecular flexibility index (Phi) is 9.64. The number of ether oxygens (including phenoxy) is 4. The molecule has 0 aliphatic carbocycles. The third-order valence-corrected chi connectivity index (χ3v) is 2.22. The zero-order chi connectivity index (χ0) is 17.9. The molecule has 0 rings (SSSR count). The van der Waals surface area contributed by atoms with E-state index in [2.05, 4.69) is 10.1 Å². The molecule has 0 aliphatic rings. The molecular formula is C15H25NO7. The maximum absolute atomic E-state index is 11.7. The van der Waals surface area contributed by atoms with Crippen LogP contribution in [0, 0.1) is 0 Å². The first-order valence-electron chi connectivity index (χ1n) is 7.09. The molecule has 0 unspecified atom stereocenters. The minimum absolute atomic E-state index is 0.0795. The lowest BCUT2D eigenvalue weighted by Crippen LogP contribution is -2.46. The molecule has 0 heterocycles. The number of rotatable bonds is 8. The molecular weight excluding hydrogens is 306 g/mol. The van der Waals surface area contributed by atoms with Crippen LogP contribution in [0.2, 0.25) is 0 Å². The number of carbonyl (C=O) groups is 3. The second-order valence-electron chi connectivity index (χ2n) is 5.53. The molecule has 0 saturated heterocycles. The molecule has 0 spiro atoms. The fourth-order valence-corrected chi connectivity index (χ4v) is 1.32. The summed E-state index contributed by atoms with van der Waals surface area (Å²) >= 11 is 0. The summed E-state index contributed by atoms with van der Waals surface area (Å²) in [7, 11) is 1.21. The standard InChI is InChI=1S/C15H25NO7/c1-11(17)22-9-7-6-8-21-10-12(13(18)20-5)16-14(19)23-15(2,3)4/h6-7,12H,8-10H2,1-5H3,(H,16,19)/b7-6-/t12-/m0/s1. The zero-order valence-corrected chi connectivity index (χ0v) is 14.2. The van der Waals surface area contributed by atoms with Gasteiger partial charge in [0.25, 0.3) is 0 Å². The molecule has 1 atom stereocenters. The Morgan fingerprint density at radius 3 is 2.26 bits per heavy atom. The summed E-state index contributed by atoms with van der Waals surface area (Å²) in [6, 6.07) is -0.975. The van der Waals surface area contributed by atoms with Gasteiger partial charge in [0.15, 0.2) is 6.04 Å². The lowest BCUT2D eigenvalue weighted by molar-refractivity contribution is -0.144. The van der Waals surface area contributed by atoms with Crippen molar-refractivity contribution < 1.29 is 33.3 Å². The van der Waals surface area contributed by atoms with Gasteiger partial charge in [-0.15, -0.1) is 0 Å². The van der Waals surface area contributed by atoms with Crippen molar-refractivity contribution in [1.29, 1.82) is 0 Å². The van der Waals surface area contributed by atoms with Gasteiger partial charge in [-0.2, -0.15) is 0 Å². The Bertz CT molecular complexity index is 426. The fourth-order valence-electron chi connectivity index (χ4n) is 1.32. The van der Waals surface area contributed by atoms with Gasteiger partial charge in [0.1, 0.15) is 12.2 Å². The summed E-state index contributed by atoms with van der Waals surface area (Å²) < 4.78 is 19.6. The normalized spacial score (nSPS) is 12.6. The topological polar surface area (TPSA) is 100 Å². The van der Waals surface area contributed by atoms with Crippen molar-refractivity contribution in [1.82, 2.24) is 5.32 Å². The van der Waals surface area contributed by atoms with Crippen molar-refractivity contribution in [3.63, 3.8) is 0 Å². The number of nitrogens with one attached hydrogen (secondary N) is 1. The molecule has 0 saturated carbocycles. The van der Waals surface area contributed by atoms with Gasteiger partial charge in [-0.25, -0.2) is 9.59 Å².